The van der Waals surface area contributed by atoms with E-state index in [1.54, 1.807) is 7.11 Å². The van der Waals surface area contributed by atoms with Crippen molar-refractivity contribution in [1.29, 1.82) is 0 Å². The van der Waals surface area contributed by atoms with Crippen molar-refractivity contribution in [3.63, 3.8) is 0 Å². The van der Waals surface area contributed by atoms with Gasteiger partial charge in [-0.1, -0.05) is 48.2 Å². The Bertz CT molecular complexity index is 911. The first-order chi connectivity index (χ1) is 13.2. The fraction of sp³-hybridized carbons (Fsp3) is 0.250. The molecule has 1 N–H and O–H groups in total. The lowest BCUT2D eigenvalue weighted by molar-refractivity contribution is -0.118. The maximum absolute atomic E-state index is 12.0. The van der Waals surface area contributed by atoms with Crippen LogP contribution in [0.25, 0.3) is 11.5 Å². The lowest BCUT2D eigenvalue weighted by Crippen LogP contribution is -2.27. The molecule has 1 aromatic heterocycles. The summed E-state index contributed by atoms with van der Waals surface area (Å²) in [4.78, 5) is 12.0. The summed E-state index contributed by atoms with van der Waals surface area (Å²) in [5, 5.41) is 11.3. The fourth-order valence-corrected chi connectivity index (χ4v) is 3.20. The van der Waals surface area contributed by atoms with Crippen LogP contribution in [0.15, 0.2) is 58.2 Å². The van der Waals surface area contributed by atoms with Crippen LogP contribution in [0, 0.1) is 6.92 Å². The van der Waals surface area contributed by atoms with Crippen LogP contribution in [0.3, 0.4) is 0 Å². The summed E-state index contributed by atoms with van der Waals surface area (Å²) in [5.41, 5.74) is 3.20. The van der Waals surface area contributed by atoms with E-state index in [-0.39, 0.29) is 11.7 Å². The number of thioether (sulfide) groups is 1. The van der Waals surface area contributed by atoms with Crippen molar-refractivity contribution in [3.05, 3.63) is 59.7 Å². The second kappa shape index (κ2) is 9.23. The van der Waals surface area contributed by atoms with Gasteiger partial charge in [-0.15, -0.1) is 10.2 Å². The molecule has 0 saturated heterocycles. The van der Waals surface area contributed by atoms with Gasteiger partial charge >= 0.3 is 0 Å². The minimum Gasteiger partial charge on any atom is -0.496 e. The Morgan fingerprint density at radius 2 is 1.93 bits per heavy atom. The number of nitrogens with one attached hydrogen (secondary N) is 1. The molecule has 27 heavy (non-hydrogen) atoms. The molecular formula is C20H21N3O3S. The Kier molecular flexibility index (Phi) is 6.49. The molecule has 0 radical (unpaired) electrons. The lowest BCUT2D eigenvalue weighted by Gasteiger charge is -2.06. The van der Waals surface area contributed by atoms with Crippen molar-refractivity contribution in [2.45, 2.75) is 18.6 Å². The van der Waals surface area contributed by atoms with Gasteiger partial charge in [-0.25, -0.2) is 0 Å². The van der Waals surface area contributed by atoms with Crippen molar-refractivity contribution in [3.8, 4) is 17.2 Å². The molecule has 2 aromatic carbocycles. The number of methoxy groups -OCH3 is 1. The third-order valence-electron chi connectivity index (χ3n) is 4.05. The highest BCUT2D eigenvalue weighted by Gasteiger charge is 2.14. The van der Waals surface area contributed by atoms with Gasteiger partial charge in [0.1, 0.15) is 5.75 Å². The number of carbonyl (C=O) groups is 1. The molecule has 0 saturated carbocycles. The highest BCUT2D eigenvalue weighted by Crippen LogP contribution is 2.30. The van der Waals surface area contributed by atoms with E-state index in [0.29, 0.717) is 23.4 Å². The molecule has 140 valence electrons. The summed E-state index contributed by atoms with van der Waals surface area (Å²) in [6.07, 6.45) is 0.807. The number of aryl methyl sites for hydroxylation is 1. The number of carbonyl (C=O) groups excluding carboxylic acids is 1. The number of rotatable bonds is 8. The summed E-state index contributed by atoms with van der Waals surface area (Å²) in [6.45, 7) is 2.67. The minimum absolute atomic E-state index is 0.0642. The molecule has 1 amide bonds. The Hall–Kier alpha value is -2.80. The maximum atomic E-state index is 12.0. The molecule has 0 aliphatic rings. The van der Waals surface area contributed by atoms with E-state index in [2.05, 4.69) is 34.6 Å². The van der Waals surface area contributed by atoms with Gasteiger partial charge in [0.15, 0.2) is 0 Å². The number of amides is 1. The Balaban J connectivity index is 1.48. The zero-order chi connectivity index (χ0) is 19.1. The van der Waals surface area contributed by atoms with E-state index in [4.69, 9.17) is 9.15 Å². The van der Waals surface area contributed by atoms with Crippen molar-refractivity contribution in [2.24, 2.45) is 0 Å². The molecule has 0 unspecified atom stereocenters. The predicted octanol–water partition coefficient (Wildman–Crippen LogP) is 3.50. The van der Waals surface area contributed by atoms with E-state index in [1.807, 2.05) is 36.4 Å². The quantitative estimate of drug-likeness (QED) is 0.600. The van der Waals surface area contributed by atoms with Crippen molar-refractivity contribution < 1.29 is 13.9 Å². The molecule has 6 nitrogen and oxygen atoms in total. The lowest BCUT2D eigenvalue weighted by atomic mass is 10.1. The third kappa shape index (κ3) is 5.10. The Labute approximate surface area is 162 Å². The van der Waals surface area contributed by atoms with Crippen molar-refractivity contribution in [2.75, 3.05) is 19.4 Å². The summed E-state index contributed by atoms with van der Waals surface area (Å²) in [6, 6.07) is 15.6. The molecule has 0 aliphatic carbocycles. The van der Waals surface area contributed by atoms with Gasteiger partial charge in [0, 0.05) is 6.54 Å². The van der Waals surface area contributed by atoms with E-state index < -0.39 is 0 Å². The molecule has 0 aliphatic heterocycles. The first kappa shape index (κ1) is 19.0. The zero-order valence-electron chi connectivity index (χ0n) is 15.3. The molecule has 3 rings (SSSR count). The Morgan fingerprint density at radius 3 is 2.74 bits per heavy atom. The Morgan fingerprint density at radius 1 is 1.15 bits per heavy atom. The van der Waals surface area contributed by atoms with Crippen molar-refractivity contribution in [1.82, 2.24) is 15.5 Å². The normalized spacial score (nSPS) is 10.6. The van der Waals surface area contributed by atoms with Crippen LogP contribution in [-0.2, 0) is 11.2 Å². The smallest absolute Gasteiger partial charge is 0.277 e. The number of hydrogen-bond donors (Lipinski definition) is 1. The first-order valence-electron chi connectivity index (χ1n) is 8.58. The van der Waals surface area contributed by atoms with E-state index in [9.17, 15) is 4.79 Å². The number of ether oxygens (including phenoxy) is 1. The molecular weight excluding hydrogens is 362 g/mol. The van der Waals surface area contributed by atoms with Gasteiger partial charge < -0.3 is 14.5 Å². The van der Waals surface area contributed by atoms with Gasteiger partial charge in [-0.2, -0.15) is 0 Å². The standard InChI is InChI=1S/C20H21N3O3S/c1-14-7-3-4-8-15(14)11-12-21-18(24)13-27-20-23-22-19(26-20)16-9-5-6-10-17(16)25-2/h3-10H,11-13H2,1-2H3,(H,21,24). The van der Waals surface area contributed by atoms with Crippen LogP contribution in [-0.4, -0.2) is 35.5 Å². The molecule has 0 atom stereocenters. The molecule has 0 bridgehead atoms. The van der Waals surface area contributed by atoms with Crippen LogP contribution in [0.4, 0.5) is 0 Å². The molecule has 1 heterocycles. The second-order valence-corrected chi connectivity index (χ2v) is 6.82. The van der Waals surface area contributed by atoms with Crippen LogP contribution >= 0.6 is 11.8 Å². The van der Waals surface area contributed by atoms with Gasteiger partial charge in [0.25, 0.3) is 11.1 Å². The highest BCUT2D eigenvalue weighted by molar-refractivity contribution is 7.99. The largest absolute Gasteiger partial charge is 0.496 e. The third-order valence-corrected chi connectivity index (χ3v) is 4.87. The SMILES string of the molecule is COc1ccccc1-c1nnc(SCC(=O)NCCc2ccccc2C)o1. The van der Waals surface area contributed by atoms with Crippen LogP contribution < -0.4 is 10.1 Å². The van der Waals surface area contributed by atoms with Gasteiger partial charge in [-0.3, -0.25) is 4.79 Å². The number of para-hydroxylation sites is 1. The van der Waals surface area contributed by atoms with E-state index >= 15 is 0 Å². The van der Waals surface area contributed by atoms with Crippen molar-refractivity contribution >= 4 is 17.7 Å². The zero-order valence-corrected chi connectivity index (χ0v) is 16.1. The average Bonchev–Trinajstić information content (AvgIpc) is 3.17. The predicted molar refractivity (Wildman–Crippen MR) is 105 cm³/mol. The molecule has 7 heteroatoms. The summed E-state index contributed by atoms with van der Waals surface area (Å²) < 4.78 is 10.9. The van der Waals surface area contributed by atoms with Gasteiger partial charge in [-0.05, 0) is 36.6 Å². The van der Waals surface area contributed by atoms with Gasteiger partial charge in [0.2, 0.25) is 5.91 Å². The number of aromatic nitrogens is 2. The van der Waals surface area contributed by atoms with E-state index in [1.165, 1.54) is 22.9 Å². The maximum Gasteiger partial charge on any atom is 0.277 e. The molecule has 0 fully saturated rings. The van der Waals surface area contributed by atoms with Crippen LogP contribution in [0.5, 0.6) is 5.75 Å². The van der Waals surface area contributed by atoms with E-state index in [0.717, 1.165) is 12.0 Å². The number of hydrogen-bond acceptors (Lipinski definition) is 6. The average molecular weight is 383 g/mol. The topological polar surface area (TPSA) is 77.2 Å². The highest BCUT2D eigenvalue weighted by atomic mass is 32.2. The summed E-state index contributed by atoms with van der Waals surface area (Å²) >= 11 is 1.21. The monoisotopic (exact) mass is 383 g/mol. The van der Waals surface area contributed by atoms with Crippen LogP contribution in [0.1, 0.15) is 11.1 Å². The van der Waals surface area contributed by atoms with Crippen LogP contribution in [0.2, 0.25) is 0 Å². The number of benzene rings is 2. The molecule has 0 spiro atoms. The summed E-state index contributed by atoms with van der Waals surface area (Å²) in [7, 11) is 1.59. The fourth-order valence-electron chi connectivity index (χ4n) is 2.60. The number of nitrogens with zero attached hydrogens (tertiary/aromatic N) is 2. The summed E-state index contributed by atoms with van der Waals surface area (Å²) in [5.74, 6) is 1.19. The minimum atomic E-state index is -0.0642. The van der Waals surface area contributed by atoms with Gasteiger partial charge in [0.05, 0.1) is 18.4 Å². The first-order valence-corrected chi connectivity index (χ1v) is 9.57. The second-order valence-electron chi connectivity index (χ2n) is 5.89. The molecule has 3 aromatic rings.